The van der Waals surface area contributed by atoms with E-state index >= 15 is 0 Å². The van der Waals surface area contributed by atoms with Crippen LogP contribution in [0.2, 0.25) is 0 Å². The first-order valence-electron chi connectivity index (χ1n) is 11.1. The van der Waals surface area contributed by atoms with Crippen molar-refractivity contribution in [3.8, 4) is 11.5 Å². The maximum atomic E-state index is 12.7. The molecule has 0 radical (unpaired) electrons. The standard InChI is InChI=1S/C26H25F3N2O2S/c1-2-3-14-32-22-12-13-24-23(15-22)25(31-34-24)30-16-18-6-10-21(11-7-18)33-17-19-4-8-20(9-5-19)26(27,28)29/h4-13,15H,2-3,14,16-17H2,1H3,(H,30,31). The molecule has 4 aromatic rings. The van der Waals surface area contributed by atoms with Gasteiger partial charge in [-0.2, -0.15) is 17.5 Å². The fourth-order valence-electron chi connectivity index (χ4n) is 3.32. The van der Waals surface area contributed by atoms with Gasteiger partial charge in [0, 0.05) is 11.9 Å². The molecule has 8 heteroatoms. The van der Waals surface area contributed by atoms with Crippen molar-refractivity contribution in [1.29, 1.82) is 0 Å². The van der Waals surface area contributed by atoms with E-state index in [2.05, 4.69) is 16.6 Å². The van der Waals surface area contributed by atoms with Gasteiger partial charge in [0.25, 0.3) is 0 Å². The second-order valence-electron chi connectivity index (χ2n) is 7.87. The largest absolute Gasteiger partial charge is 0.494 e. The van der Waals surface area contributed by atoms with Crippen LogP contribution in [-0.2, 0) is 19.3 Å². The molecule has 3 aromatic carbocycles. The summed E-state index contributed by atoms with van der Waals surface area (Å²) in [5.74, 6) is 2.32. The zero-order valence-electron chi connectivity index (χ0n) is 18.7. The molecule has 0 aliphatic rings. The van der Waals surface area contributed by atoms with Gasteiger partial charge >= 0.3 is 6.18 Å². The van der Waals surface area contributed by atoms with E-state index in [0.717, 1.165) is 52.2 Å². The smallest absolute Gasteiger partial charge is 0.416 e. The summed E-state index contributed by atoms with van der Waals surface area (Å²) in [6.45, 7) is 3.63. The fourth-order valence-corrected chi connectivity index (χ4v) is 4.05. The first-order valence-corrected chi connectivity index (χ1v) is 11.8. The number of nitrogens with one attached hydrogen (secondary N) is 1. The van der Waals surface area contributed by atoms with Gasteiger partial charge in [-0.05, 0) is 71.5 Å². The molecule has 0 fully saturated rings. The van der Waals surface area contributed by atoms with Crippen LogP contribution in [0.5, 0.6) is 11.5 Å². The number of fused-ring (bicyclic) bond motifs is 1. The highest BCUT2D eigenvalue weighted by molar-refractivity contribution is 7.13. The van der Waals surface area contributed by atoms with Gasteiger partial charge < -0.3 is 14.8 Å². The number of aromatic nitrogens is 1. The van der Waals surface area contributed by atoms with Crippen LogP contribution in [0.15, 0.2) is 66.7 Å². The molecule has 4 rings (SSSR count). The number of unbranched alkanes of at least 4 members (excludes halogenated alkanes) is 1. The van der Waals surface area contributed by atoms with Gasteiger partial charge in [0.1, 0.15) is 23.9 Å². The van der Waals surface area contributed by atoms with E-state index in [0.29, 0.717) is 24.5 Å². The second kappa shape index (κ2) is 10.8. The zero-order chi connectivity index (χ0) is 24.0. The van der Waals surface area contributed by atoms with Crippen LogP contribution in [0.3, 0.4) is 0 Å². The van der Waals surface area contributed by atoms with Crippen LogP contribution >= 0.6 is 11.5 Å². The predicted octanol–water partition coefficient (Wildman–Crippen LogP) is 7.69. The lowest BCUT2D eigenvalue weighted by atomic mass is 10.1. The van der Waals surface area contributed by atoms with E-state index < -0.39 is 11.7 Å². The van der Waals surface area contributed by atoms with Gasteiger partial charge in [-0.1, -0.05) is 37.6 Å². The fraction of sp³-hybridized carbons (Fsp3) is 0.269. The van der Waals surface area contributed by atoms with Crippen LogP contribution in [0.1, 0.15) is 36.5 Å². The molecule has 4 nitrogen and oxygen atoms in total. The molecule has 0 unspecified atom stereocenters. The molecule has 0 spiro atoms. The Kier molecular flexibility index (Phi) is 7.57. The average molecular weight is 487 g/mol. The Morgan fingerprint density at radius 2 is 1.59 bits per heavy atom. The minimum atomic E-state index is -4.33. The maximum absolute atomic E-state index is 12.7. The van der Waals surface area contributed by atoms with Crippen molar-refractivity contribution in [1.82, 2.24) is 4.37 Å². The number of ether oxygens (including phenoxy) is 2. The van der Waals surface area contributed by atoms with E-state index in [1.165, 1.54) is 23.7 Å². The first kappa shape index (κ1) is 23.9. The summed E-state index contributed by atoms with van der Waals surface area (Å²) in [5, 5.41) is 4.42. The summed E-state index contributed by atoms with van der Waals surface area (Å²) in [6, 6.07) is 18.6. The van der Waals surface area contributed by atoms with Gasteiger partial charge in [0.15, 0.2) is 0 Å². The summed E-state index contributed by atoms with van der Waals surface area (Å²) in [6.07, 6.45) is -2.22. The van der Waals surface area contributed by atoms with Gasteiger partial charge in [0.2, 0.25) is 0 Å². The van der Waals surface area contributed by atoms with Gasteiger partial charge in [-0.15, -0.1) is 0 Å². The Morgan fingerprint density at radius 3 is 2.29 bits per heavy atom. The Balaban J connectivity index is 1.31. The molecule has 1 heterocycles. The topological polar surface area (TPSA) is 43.4 Å². The SMILES string of the molecule is CCCCOc1ccc2snc(NCc3ccc(OCc4ccc(C(F)(F)F)cc4)cc3)c2c1. The number of nitrogens with zero attached hydrogens (tertiary/aromatic N) is 1. The molecule has 0 aliphatic heterocycles. The van der Waals surface area contributed by atoms with Gasteiger partial charge in [-0.3, -0.25) is 0 Å². The molecule has 34 heavy (non-hydrogen) atoms. The van der Waals surface area contributed by atoms with Crippen molar-refractivity contribution in [3.05, 3.63) is 83.4 Å². The van der Waals surface area contributed by atoms with Crippen LogP contribution in [0.25, 0.3) is 10.1 Å². The maximum Gasteiger partial charge on any atom is 0.416 e. The number of alkyl halides is 3. The molecule has 1 aromatic heterocycles. The van der Waals surface area contributed by atoms with Gasteiger partial charge in [-0.25, -0.2) is 0 Å². The third-order valence-corrected chi connectivity index (χ3v) is 6.10. The van der Waals surface area contributed by atoms with Crippen molar-refractivity contribution in [2.45, 2.75) is 39.1 Å². The number of anilines is 1. The summed E-state index contributed by atoms with van der Waals surface area (Å²) < 4.78 is 55.1. The number of rotatable bonds is 10. The molecule has 0 bridgehead atoms. The first-order chi connectivity index (χ1) is 16.4. The van der Waals surface area contributed by atoms with Crippen molar-refractivity contribution < 1.29 is 22.6 Å². The Hall–Kier alpha value is -3.26. The van der Waals surface area contributed by atoms with E-state index in [-0.39, 0.29) is 6.61 Å². The molecular weight excluding hydrogens is 461 g/mol. The van der Waals surface area contributed by atoms with Crippen LogP contribution in [0.4, 0.5) is 19.0 Å². The van der Waals surface area contributed by atoms with Crippen molar-refractivity contribution >= 4 is 27.4 Å². The number of hydrogen-bond acceptors (Lipinski definition) is 5. The van der Waals surface area contributed by atoms with E-state index in [1.54, 1.807) is 0 Å². The summed E-state index contributed by atoms with van der Waals surface area (Å²) >= 11 is 1.44. The minimum absolute atomic E-state index is 0.198. The highest BCUT2D eigenvalue weighted by Crippen LogP contribution is 2.31. The molecule has 178 valence electrons. The Bertz CT molecular complexity index is 1210. The van der Waals surface area contributed by atoms with Crippen molar-refractivity contribution in [2.24, 2.45) is 0 Å². The van der Waals surface area contributed by atoms with Crippen LogP contribution in [0, 0.1) is 0 Å². The average Bonchev–Trinajstić information content (AvgIpc) is 3.24. The third kappa shape index (κ3) is 6.20. The predicted molar refractivity (Wildman–Crippen MR) is 130 cm³/mol. The molecule has 1 N–H and O–H groups in total. The van der Waals surface area contributed by atoms with Crippen molar-refractivity contribution in [2.75, 3.05) is 11.9 Å². The molecule has 0 saturated carbocycles. The highest BCUT2D eigenvalue weighted by atomic mass is 32.1. The lowest BCUT2D eigenvalue weighted by molar-refractivity contribution is -0.137. The number of benzene rings is 3. The summed E-state index contributed by atoms with van der Waals surface area (Å²) in [4.78, 5) is 0. The Labute approximate surface area is 200 Å². The normalized spacial score (nSPS) is 11.5. The monoisotopic (exact) mass is 486 g/mol. The number of halogens is 3. The quantitative estimate of drug-likeness (QED) is 0.233. The third-order valence-electron chi connectivity index (χ3n) is 5.28. The van der Waals surface area contributed by atoms with Crippen LogP contribution < -0.4 is 14.8 Å². The van der Waals surface area contributed by atoms with E-state index in [9.17, 15) is 13.2 Å². The molecular formula is C26H25F3N2O2S. The summed E-state index contributed by atoms with van der Waals surface area (Å²) in [7, 11) is 0. The second-order valence-corrected chi connectivity index (χ2v) is 8.68. The lowest BCUT2D eigenvalue weighted by Crippen LogP contribution is -2.05. The Morgan fingerprint density at radius 1 is 0.882 bits per heavy atom. The van der Waals surface area contributed by atoms with E-state index in [1.807, 2.05) is 42.5 Å². The summed E-state index contributed by atoms with van der Waals surface area (Å²) in [5.41, 5.74) is 1.06. The van der Waals surface area contributed by atoms with Gasteiger partial charge in [0.05, 0.1) is 16.9 Å². The zero-order valence-corrected chi connectivity index (χ0v) is 19.5. The molecule has 0 saturated heterocycles. The molecule has 0 atom stereocenters. The lowest BCUT2D eigenvalue weighted by Gasteiger charge is -2.10. The van der Waals surface area contributed by atoms with E-state index in [4.69, 9.17) is 9.47 Å². The van der Waals surface area contributed by atoms with Crippen LogP contribution in [-0.4, -0.2) is 11.0 Å². The highest BCUT2D eigenvalue weighted by Gasteiger charge is 2.29. The minimum Gasteiger partial charge on any atom is -0.494 e. The molecule has 0 amide bonds. The number of hydrogen-bond donors (Lipinski definition) is 1. The van der Waals surface area contributed by atoms with Crippen molar-refractivity contribution in [3.63, 3.8) is 0 Å². The molecule has 0 aliphatic carbocycles.